The van der Waals surface area contributed by atoms with Gasteiger partial charge in [0.15, 0.2) is 15.5 Å². The van der Waals surface area contributed by atoms with Gasteiger partial charge in [-0.15, -0.1) is 0 Å². The van der Waals surface area contributed by atoms with Gasteiger partial charge in [-0.1, -0.05) is 23.2 Å². The summed E-state index contributed by atoms with van der Waals surface area (Å²) < 4.78 is 41.8. The highest BCUT2D eigenvalue weighted by molar-refractivity contribution is 7.86. The third-order valence-corrected chi connectivity index (χ3v) is 3.73. The molecule has 1 unspecified atom stereocenters. The van der Waals surface area contributed by atoms with Crippen LogP contribution in [0.15, 0.2) is 23.1 Å². The molecule has 9 heteroatoms. The molecule has 0 amide bonds. The SMILES string of the molecule is O=[PH2]OCOS(=O)(=O)c1cc(Cl)ccc1Cl. The van der Waals surface area contributed by atoms with E-state index in [9.17, 15) is 13.0 Å². The van der Waals surface area contributed by atoms with Crippen molar-refractivity contribution >= 4 is 42.0 Å². The van der Waals surface area contributed by atoms with Gasteiger partial charge in [0.25, 0.3) is 0 Å². The third kappa shape index (κ3) is 3.73. The van der Waals surface area contributed by atoms with Crippen molar-refractivity contribution in [3.8, 4) is 0 Å². The van der Waals surface area contributed by atoms with Crippen LogP contribution in [0.25, 0.3) is 0 Å². The van der Waals surface area contributed by atoms with Gasteiger partial charge in [-0.05, 0) is 18.2 Å². The summed E-state index contributed by atoms with van der Waals surface area (Å²) in [5.74, 6) is 0. The zero-order valence-electron chi connectivity index (χ0n) is 7.72. The summed E-state index contributed by atoms with van der Waals surface area (Å²) in [4.78, 5) is -0.258. The van der Waals surface area contributed by atoms with Crippen LogP contribution in [0.3, 0.4) is 0 Å². The van der Waals surface area contributed by atoms with Crippen LogP contribution in [-0.4, -0.2) is 15.2 Å². The number of halogens is 2. The molecule has 0 N–H and O–H groups in total. The Bertz CT molecular complexity index is 490. The van der Waals surface area contributed by atoms with Crippen LogP contribution < -0.4 is 0 Å². The number of hydrogen-bond donors (Lipinski definition) is 0. The Morgan fingerprint density at radius 1 is 1.31 bits per heavy atom. The predicted molar refractivity (Wildman–Crippen MR) is 61.1 cm³/mol. The quantitative estimate of drug-likeness (QED) is 0.361. The smallest absolute Gasteiger partial charge is 0.300 e. The molecule has 0 radical (unpaired) electrons. The Labute approximate surface area is 104 Å². The van der Waals surface area contributed by atoms with Crippen molar-refractivity contribution < 1.29 is 21.7 Å². The first-order valence-electron chi connectivity index (χ1n) is 3.87. The highest BCUT2D eigenvalue weighted by atomic mass is 35.5. The number of benzene rings is 1. The van der Waals surface area contributed by atoms with E-state index in [-0.39, 0.29) is 14.9 Å². The molecule has 90 valence electrons. The second-order valence-electron chi connectivity index (χ2n) is 2.53. The molecule has 1 aromatic carbocycles. The van der Waals surface area contributed by atoms with E-state index in [1.54, 1.807) is 0 Å². The number of rotatable bonds is 5. The lowest BCUT2D eigenvalue weighted by Gasteiger charge is -2.06. The van der Waals surface area contributed by atoms with Crippen LogP contribution >= 0.6 is 31.9 Å². The zero-order valence-corrected chi connectivity index (χ0v) is 11.2. The second-order valence-corrected chi connectivity index (χ2v) is 5.48. The standard InChI is InChI=1S/C7H7Cl2O5PS/c8-5-1-2-6(9)7(3-5)16(11,12)14-4-13-15-10/h1-3H,4,15H2. The molecule has 0 fully saturated rings. The van der Waals surface area contributed by atoms with E-state index in [2.05, 4.69) is 8.71 Å². The molecular weight excluding hydrogens is 298 g/mol. The van der Waals surface area contributed by atoms with Crippen molar-refractivity contribution in [2.24, 2.45) is 0 Å². The van der Waals surface area contributed by atoms with Gasteiger partial charge >= 0.3 is 10.1 Å². The lowest BCUT2D eigenvalue weighted by atomic mass is 10.4. The van der Waals surface area contributed by atoms with E-state index < -0.39 is 25.6 Å². The van der Waals surface area contributed by atoms with E-state index in [1.165, 1.54) is 12.1 Å². The van der Waals surface area contributed by atoms with E-state index in [0.717, 1.165) is 6.07 Å². The van der Waals surface area contributed by atoms with Crippen molar-refractivity contribution in [3.05, 3.63) is 28.2 Å². The first-order valence-corrected chi connectivity index (χ1v) is 6.98. The zero-order chi connectivity index (χ0) is 12.2. The Kier molecular flexibility index (Phi) is 5.24. The Morgan fingerprint density at radius 2 is 2.00 bits per heavy atom. The van der Waals surface area contributed by atoms with E-state index in [1.807, 2.05) is 0 Å². The second kappa shape index (κ2) is 6.00. The van der Waals surface area contributed by atoms with Crippen molar-refractivity contribution in [1.29, 1.82) is 0 Å². The first kappa shape index (κ1) is 14.0. The molecule has 0 aliphatic heterocycles. The van der Waals surface area contributed by atoms with Crippen molar-refractivity contribution in [2.45, 2.75) is 4.90 Å². The molecule has 0 heterocycles. The maximum atomic E-state index is 11.5. The van der Waals surface area contributed by atoms with Gasteiger partial charge in [0, 0.05) is 5.02 Å². The highest BCUT2D eigenvalue weighted by Crippen LogP contribution is 2.26. The van der Waals surface area contributed by atoms with Crippen LogP contribution in [0.1, 0.15) is 0 Å². The van der Waals surface area contributed by atoms with Crippen molar-refractivity contribution in [2.75, 3.05) is 6.79 Å². The molecule has 0 bridgehead atoms. The Morgan fingerprint density at radius 3 is 2.62 bits per heavy atom. The van der Waals surface area contributed by atoms with Crippen molar-refractivity contribution in [1.82, 2.24) is 0 Å². The molecule has 0 aromatic heterocycles. The minimum absolute atomic E-state index is 0.0149. The Balaban J connectivity index is 2.97. The minimum atomic E-state index is -4.05. The fraction of sp³-hybridized carbons (Fsp3) is 0.143. The molecule has 1 rings (SSSR count). The lowest BCUT2D eigenvalue weighted by Crippen LogP contribution is -2.08. The summed E-state index contributed by atoms with van der Waals surface area (Å²) in [6.07, 6.45) is 0. The normalized spacial score (nSPS) is 12.4. The summed E-state index contributed by atoms with van der Waals surface area (Å²) in [5, 5.41) is 0.195. The van der Waals surface area contributed by atoms with Crippen LogP contribution in [0.2, 0.25) is 10.0 Å². The average Bonchev–Trinajstić information content (AvgIpc) is 2.22. The van der Waals surface area contributed by atoms with Crippen LogP contribution in [0.5, 0.6) is 0 Å². The molecule has 0 aliphatic rings. The molecule has 1 aromatic rings. The topological polar surface area (TPSA) is 69.7 Å². The lowest BCUT2D eigenvalue weighted by molar-refractivity contribution is 0.140. The van der Waals surface area contributed by atoms with E-state index in [0.29, 0.717) is 0 Å². The van der Waals surface area contributed by atoms with Gasteiger partial charge in [0.1, 0.15) is 4.90 Å². The Hall–Kier alpha value is -0.100. The van der Waals surface area contributed by atoms with Crippen molar-refractivity contribution in [3.63, 3.8) is 0 Å². The summed E-state index contributed by atoms with van der Waals surface area (Å²) >= 11 is 11.3. The fourth-order valence-corrected chi connectivity index (χ4v) is 2.60. The molecule has 0 aliphatic carbocycles. The van der Waals surface area contributed by atoms with Crippen LogP contribution in [0, 0.1) is 0 Å². The predicted octanol–water partition coefficient (Wildman–Crippen LogP) is 2.34. The van der Waals surface area contributed by atoms with Gasteiger partial charge < -0.3 is 4.52 Å². The maximum absolute atomic E-state index is 11.5. The van der Waals surface area contributed by atoms with Gasteiger partial charge in [0.2, 0.25) is 0 Å². The van der Waals surface area contributed by atoms with Gasteiger partial charge in [-0.3, -0.25) is 4.57 Å². The maximum Gasteiger partial charge on any atom is 0.300 e. The minimum Gasteiger partial charge on any atom is -0.304 e. The summed E-state index contributed by atoms with van der Waals surface area (Å²) in [5.41, 5.74) is 0. The average molecular weight is 305 g/mol. The molecule has 5 nitrogen and oxygen atoms in total. The van der Waals surface area contributed by atoms with E-state index in [4.69, 9.17) is 23.2 Å². The molecule has 16 heavy (non-hydrogen) atoms. The summed E-state index contributed by atoms with van der Waals surface area (Å²) in [6.45, 7) is -0.621. The molecule has 0 spiro atoms. The number of hydrogen-bond acceptors (Lipinski definition) is 5. The molecule has 0 saturated heterocycles. The third-order valence-electron chi connectivity index (χ3n) is 1.50. The van der Waals surface area contributed by atoms with Crippen LogP contribution in [0.4, 0.5) is 0 Å². The fourth-order valence-electron chi connectivity index (χ4n) is 0.851. The summed E-state index contributed by atoms with van der Waals surface area (Å²) in [7, 11) is -5.58. The van der Waals surface area contributed by atoms with E-state index >= 15 is 0 Å². The summed E-state index contributed by atoms with van der Waals surface area (Å²) in [6, 6.07) is 3.93. The molecular formula is C7H7Cl2O5PS. The monoisotopic (exact) mass is 304 g/mol. The molecule has 0 saturated carbocycles. The van der Waals surface area contributed by atoms with Gasteiger partial charge in [0.05, 0.1) is 5.02 Å². The molecule has 1 atom stereocenters. The highest BCUT2D eigenvalue weighted by Gasteiger charge is 2.19. The first-order chi connectivity index (χ1) is 7.47. The van der Waals surface area contributed by atoms with Gasteiger partial charge in [-0.25, -0.2) is 4.18 Å². The largest absolute Gasteiger partial charge is 0.304 e. The van der Waals surface area contributed by atoms with Gasteiger partial charge in [-0.2, -0.15) is 8.42 Å². The van der Waals surface area contributed by atoms with Crippen LogP contribution in [-0.2, 0) is 23.4 Å².